The van der Waals surface area contributed by atoms with Crippen molar-refractivity contribution in [2.24, 2.45) is 5.92 Å². The minimum Gasteiger partial charge on any atom is -0.376 e. The maximum atomic E-state index is 5.75. The van der Waals surface area contributed by atoms with Gasteiger partial charge in [-0.25, -0.2) is 0 Å². The summed E-state index contributed by atoms with van der Waals surface area (Å²) in [6, 6.07) is 0. The third kappa shape index (κ3) is 5.50. The van der Waals surface area contributed by atoms with E-state index < -0.39 is 0 Å². The zero-order valence-corrected chi connectivity index (χ0v) is 10.5. The van der Waals surface area contributed by atoms with Gasteiger partial charge in [-0.05, 0) is 25.4 Å². The average Bonchev–Trinajstić information content (AvgIpc) is 2.18. The molecule has 0 amide bonds. The molecule has 1 N–H and O–H groups in total. The highest BCUT2D eigenvalue weighted by Gasteiger charge is 2.20. The topological polar surface area (TPSA) is 24.5 Å². The van der Waals surface area contributed by atoms with E-state index in [0.29, 0.717) is 6.10 Å². The molecule has 1 rings (SSSR count). The monoisotopic (exact) mass is 214 g/mol. The standard InChI is InChI=1S/C12H26N2O/c1-4-13-6-5-12-10-14(7-8-15-12)9-11(2)3/h11-13H,4-10H2,1-3H3/t12-/m0/s1. The highest BCUT2D eigenvalue weighted by molar-refractivity contribution is 4.72. The maximum absolute atomic E-state index is 5.75. The molecule has 1 saturated heterocycles. The van der Waals surface area contributed by atoms with Gasteiger partial charge >= 0.3 is 0 Å². The molecule has 0 aromatic carbocycles. The van der Waals surface area contributed by atoms with Gasteiger partial charge in [0.1, 0.15) is 0 Å². The molecule has 1 aliphatic rings. The van der Waals surface area contributed by atoms with E-state index in [4.69, 9.17) is 4.74 Å². The first-order valence-corrected chi connectivity index (χ1v) is 6.27. The predicted octanol–water partition coefficient (Wildman–Crippen LogP) is 1.34. The van der Waals surface area contributed by atoms with Crippen LogP contribution in [0.25, 0.3) is 0 Å². The third-order valence-electron chi connectivity index (χ3n) is 2.74. The van der Waals surface area contributed by atoms with Crippen molar-refractivity contribution in [3.8, 4) is 0 Å². The summed E-state index contributed by atoms with van der Waals surface area (Å²) in [5, 5.41) is 3.35. The highest BCUT2D eigenvalue weighted by Crippen LogP contribution is 2.10. The van der Waals surface area contributed by atoms with Crippen LogP contribution in [0.5, 0.6) is 0 Å². The summed E-state index contributed by atoms with van der Waals surface area (Å²) in [5.41, 5.74) is 0. The second kappa shape index (κ2) is 7.20. The molecule has 1 fully saturated rings. The first-order chi connectivity index (χ1) is 7.22. The smallest absolute Gasteiger partial charge is 0.0714 e. The molecule has 15 heavy (non-hydrogen) atoms. The van der Waals surface area contributed by atoms with Crippen LogP contribution in [0.3, 0.4) is 0 Å². The van der Waals surface area contributed by atoms with Crippen LogP contribution in [0, 0.1) is 5.92 Å². The number of nitrogens with one attached hydrogen (secondary N) is 1. The van der Waals surface area contributed by atoms with E-state index in [-0.39, 0.29) is 0 Å². The van der Waals surface area contributed by atoms with Gasteiger partial charge < -0.3 is 10.1 Å². The van der Waals surface area contributed by atoms with Crippen LogP contribution < -0.4 is 5.32 Å². The second-order valence-corrected chi connectivity index (χ2v) is 4.79. The lowest BCUT2D eigenvalue weighted by Crippen LogP contribution is -2.44. The highest BCUT2D eigenvalue weighted by atomic mass is 16.5. The molecular formula is C12H26N2O. The molecule has 0 spiro atoms. The Bertz CT molecular complexity index is 162. The number of hydrogen-bond donors (Lipinski definition) is 1. The lowest BCUT2D eigenvalue weighted by Gasteiger charge is -2.34. The van der Waals surface area contributed by atoms with Crippen molar-refractivity contribution in [1.82, 2.24) is 10.2 Å². The first kappa shape index (κ1) is 12.9. The van der Waals surface area contributed by atoms with Gasteiger partial charge in [-0.3, -0.25) is 4.90 Å². The molecule has 0 unspecified atom stereocenters. The van der Waals surface area contributed by atoms with Crippen LogP contribution in [0.4, 0.5) is 0 Å². The summed E-state index contributed by atoms with van der Waals surface area (Å²) in [7, 11) is 0. The van der Waals surface area contributed by atoms with Crippen molar-refractivity contribution in [3.63, 3.8) is 0 Å². The van der Waals surface area contributed by atoms with Crippen molar-refractivity contribution in [1.29, 1.82) is 0 Å². The summed E-state index contributed by atoms with van der Waals surface area (Å²) in [4.78, 5) is 2.53. The zero-order valence-electron chi connectivity index (χ0n) is 10.5. The van der Waals surface area contributed by atoms with Crippen LogP contribution in [0.15, 0.2) is 0 Å². The molecule has 0 aromatic rings. The van der Waals surface area contributed by atoms with Crippen LogP contribution in [-0.2, 0) is 4.74 Å². The lowest BCUT2D eigenvalue weighted by atomic mass is 10.1. The minimum atomic E-state index is 0.441. The van der Waals surface area contributed by atoms with Gasteiger partial charge in [-0.2, -0.15) is 0 Å². The lowest BCUT2D eigenvalue weighted by molar-refractivity contribution is -0.0346. The van der Waals surface area contributed by atoms with E-state index in [1.54, 1.807) is 0 Å². The van der Waals surface area contributed by atoms with Gasteiger partial charge in [-0.15, -0.1) is 0 Å². The largest absolute Gasteiger partial charge is 0.376 e. The fraction of sp³-hybridized carbons (Fsp3) is 1.00. The average molecular weight is 214 g/mol. The Balaban J connectivity index is 2.17. The van der Waals surface area contributed by atoms with E-state index in [1.165, 1.54) is 6.54 Å². The summed E-state index contributed by atoms with van der Waals surface area (Å²) in [6.07, 6.45) is 1.58. The quantitative estimate of drug-likeness (QED) is 0.675. The molecule has 1 heterocycles. The first-order valence-electron chi connectivity index (χ1n) is 6.27. The number of ether oxygens (including phenoxy) is 1. The van der Waals surface area contributed by atoms with Crippen LogP contribution >= 0.6 is 0 Å². The van der Waals surface area contributed by atoms with Crippen molar-refractivity contribution in [2.45, 2.75) is 33.3 Å². The molecule has 0 bridgehead atoms. The molecule has 0 radical (unpaired) electrons. The van der Waals surface area contributed by atoms with Gasteiger partial charge in [-0.1, -0.05) is 20.8 Å². The van der Waals surface area contributed by atoms with E-state index in [2.05, 4.69) is 31.0 Å². The van der Waals surface area contributed by atoms with E-state index in [0.717, 1.165) is 45.1 Å². The minimum absolute atomic E-state index is 0.441. The fourth-order valence-corrected chi connectivity index (χ4v) is 2.08. The van der Waals surface area contributed by atoms with E-state index in [1.807, 2.05) is 0 Å². The summed E-state index contributed by atoms with van der Waals surface area (Å²) in [6.45, 7) is 13.2. The maximum Gasteiger partial charge on any atom is 0.0714 e. The van der Waals surface area contributed by atoms with E-state index >= 15 is 0 Å². The number of nitrogens with zero attached hydrogens (tertiary/aromatic N) is 1. The Morgan fingerprint density at radius 2 is 2.27 bits per heavy atom. The zero-order chi connectivity index (χ0) is 11.1. The van der Waals surface area contributed by atoms with Crippen LogP contribution in [0.1, 0.15) is 27.2 Å². The van der Waals surface area contributed by atoms with Gasteiger partial charge in [0.15, 0.2) is 0 Å². The predicted molar refractivity (Wildman–Crippen MR) is 64.2 cm³/mol. The molecule has 3 heteroatoms. The van der Waals surface area contributed by atoms with Crippen molar-refractivity contribution >= 4 is 0 Å². The Morgan fingerprint density at radius 1 is 1.47 bits per heavy atom. The Hall–Kier alpha value is -0.120. The summed E-state index contributed by atoms with van der Waals surface area (Å²) in [5.74, 6) is 0.762. The molecule has 1 atom stereocenters. The molecule has 1 aliphatic heterocycles. The molecule has 0 aromatic heterocycles. The molecule has 0 saturated carbocycles. The molecule has 3 nitrogen and oxygen atoms in total. The van der Waals surface area contributed by atoms with Gasteiger partial charge in [0, 0.05) is 19.6 Å². The number of morpholine rings is 1. The number of hydrogen-bond acceptors (Lipinski definition) is 3. The van der Waals surface area contributed by atoms with Crippen molar-refractivity contribution < 1.29 is 4.74 Å². The SMILES string of the molecule is CCNCC[C@H]1CN(CC(C)C)CCO1. The van der Waals surface area contributed by atoms with Crippen LogP contribution in [0.2, 0.25) is 0 Å². The Morgan fingerprint density at radius 3 is 2.93 bits per heavy atom. The Kier molecular flexibility index (Phi) is 6.22. The van der Waals surface area contributed by atoms with Crippen molar-refractivity contribution in [3.05, 3.63) is 0 Å². The van der Waals surface area contributed by atoms with Gasteiger partial charge in [0.2, 0.25) is 0 Å². The normalized spacial score (nSPS) is 23.6. The summed E-state index contributed by atoms with van der Waals surface area (Å²) < 4.78 is 5.75. The van der Waals surface area contributed by atoms with Gasteiger partial charge in [0.25, 0.3) is 0 Å². The van der Waals surface area contributed by atoms with Gasteiger partial charge in [0.05, 0.1) is 12.7 Å². The third-order valence-corrected chi connectivity index (χ3v) is 2.74. The van der Waals surface area contributed by atoms with Crippen LogP contribution in [-0.4, -0.2) is 50.3 Å². The molecular weight excluding hydrogens is 188 g/mol. The molecule has 90 valence electrons. The van der Waals surface area contributed by atoms with E-state index in [9.17, 15) is 0 Å². The Labute approximate surface area is 94.2 Å². The number of rotatable bonds is 6. The fourth-order valence-electron chi connectivity index (χ4n) is 2.08. The second-order valence-electron chi connectivity index (χ2n) is 4.79. The van der Waals surface area contributed by atoms with Crippen molar-refractivity contribution in [2.75, 3.05) is 39.3 Å². The summed E-state index contributed by atoms with van der Waals surface area (Å²) >= 11 is 0. The molecule has 0 aliphatic carbocycles.